The van der Waals surface area contributed by atoms with Crippen LogP contribution in [0.15, 0.2) is 24.3 Å². The second-order valence-electron chi connectivity index (χ2n) is 8.05. The van der Waals surface area contributed by atoms with Gasteiger partial charge in [-0.2, -0.15) is 0 Å². The maximum absolute atomic E-state index is 12.8. The van der Waals surface area contributed by atoms with Crippen LogP contribution in [0.4, 0.5) is 0 Å². The number of nitrogens with zero attached hydrogens (tertiary/aromatic N) is 2. The first-order chi connectivity index (χ1) is 11.8. The molecule has 1 saturated carbocycles. The zero-order valence-electron chi connectivity index (χ0n) is 14.2. The number of hydrogen-bond donors (Lipinski definition) is 0. The van der Waals surface area contributed by atoms with Gasteiger partial charge in [-0.3, -0.25) is 9.69 Å². The van der Waals surface area contributed by atoms with Crippen molar-refractivity contribution in [2.24, 2.45) is 5.92 Å². The van der Waals surface area contributed by atoms with Crippen molar-refractivity contribution < 1.29 is 9.53 Å². The minimum absolute atomic E-state index is 0.0702. The Labute approximate surface area is 143 Å². The van der Waals surface area contributed by atoms with Crippen molar-refractivity contribution in [3.63, 3.8) is 0 Å². The van der Waals surface area contributed by atoms with Crippen LogP contribution in [-0.2, 0) is 21.6 Å². The molecule has 24 heavy (non-hydrogen) atoms. The van der Waals surface area contributed by atoms with Gasteiger partial charge in [0.05, 0.1) is 12.1 Å². The standard InChI is InChI=1S/C20H26N2O2/c23-19(21-9-3-4-10-21)18-11-20(14-24-18)17-6-2-1-5-16(17)13-22(20)12-15-7-8-15/h1-2,5-6,15,18H,3-4,7-14H2/t18-,20-/m1/s1. The summed E-state index contributed by atoms with van der Waals surface area (Å²) in [5.41, 5.74) is 2.76. The highest BCUT2D eigenvalue weighted by molar-refractivity contribution is 5.81. The predicted molar refractivity (Wildman–Crippen MR) is 91.4 cm³/mol. The lowest BCUT2D eigenvalue weighted by molar-refractivity contribution is -0.139. The third-order valence-corrected chi connectivity index (χ3v) is 6.40. The molecular weight excluding hydrogens is 300 g/mol. The second-order valence-corrected chi connectivity index (χ2v) is 8.05. The van der Waals surface area contributed by atoms with Crippen LogP contribution in [0.25, 0.3) is 0 Å². The molecule has 4 aliphatic rings. The van der Waals surface area contributed by atoms with Crippen LogP contribution >= 0.6 is 0 Å². The first kappa shape index (κ1) is 14.9. The molecule has 2 saturated heterocycles. The van der Waals surface area contributed by atoms with Crippen LogP contribution < -0.4 is 0 Å². The highest BCUT2D eigenvalue weighted by Crippen LogP contribution is 2.48. The van der Waals surface area contributed by atoms with Gasteiger partial charge in [0.15, 0.2) is 0 Å². The number of rotatable bonds is 3. The number of likely N-dealkylation sites (tertiary alicyclic amines) is 1. The summed E-state index contributed by atoms with van der Waals surface area (Å²) in [7, 11) is 0. The minimum atomic E-state index is -0.254. The van der Waals surface area contributed by atoms with Crippen LogP contribution in [-0.4, -0.2) is 48.1 Å². The summed E-state index contributed by atoms with van der Waals surface area (Å²) >= 11 is 0. The van der Waals surface area contributed by atoms with E-state index in [9.17, 15) is 4.79 Å². The molecule has 3 heterocycles. The summed E-state index contributed by atoms with van der Waals surface area (Å²) in [5.74, 6) is 1.07. The van der Waals surface area contributed by atoms with Gasteiger partial charge in [-0.05, 0) is 42.7 Å². The molecule has 128 valence electrons. The first-order valence-electron chi connectivity index (χ1n) is 9.50. The lowest BCUT2D eigenvalue weighted by atomic mass is 9.86. The molecule has 5 rings (SSSR count). The molecule has 3 aliphatic heterocycles. The normalized spacial score (nSPS) is 32.7. The van der Waals surface area contributed by atoms with Crippen LogP contribution in [0.1, 0.15) is 43.2 Å². The van der Waals surface area contributed by atoms with Crippen molar-refractivity contribution in [1.82, 2.24) is 9.80 Å². The van der Waals surface area contributed by atoms with Gasteiger partial charge in [0.25, 0.3) is 5.91 Å². The van der Waals surface area contributed by atoms with Gasteiger partial charge in [0.2, 0.25) is 0 Å². The van der Waals surface area contributed by atoms with Crippen molar-refractivity contribution >= 4 is 5.91 Å². The zero-order chi connectivity index (χ0) is 16.1. The molecule has 1 aromatic carbocycles. The van der Waals surface area contributed by atoms with E-state index < -0.39 is 0 Å². The topological polar surface area (TPSA) is 32.8 Å². The van der Waals surface area contributed by atoms with Crippen LogP contribution in [0.2, 0.25) is 0 Å². The van der Waals surface area contributed by atoms with Crippen molar-refractivity contribution in [3.05, 3.63) is 35.4 Å². The Morgan fingerprint density at radius 3 is 2.79 bits per heavy atom. The molecule has 4 nitrogen and oxygen atoms in total. The van der Waals surface area contributed by atoms with Crippen molar-refractivity contribution in [1.29, 1.82) is 0 Å². The SMILES string of the molecule is O=C([C@H]1C[C@@]2(CO1)c1ccccc1CN2CC1CC1)N1CCCC1. The monoisotopic (exact) mass is 326 g/mol. The van der Waals surface area contributed by atoms with Gasteiger partial charge < -0.3 is 9.64 Å². The van der Waals surface area contributed by atoms with Gasteiger partial charge in [-0.15, -0.1) is 0 Å². The third-order valence-electron chi connectivity index (χ3n) is 6.40. The fraction of sp³-hybridized carbons (Fsp3) is 0.650. The highest BCUT2D eigenvalue weighted by Gasteiger charge is 2.53. The second kappa shape index (κ2) is 5.57. The molecule has 1 aromatic rings. The average molecular weight is 326 g/mol. The lowest BCUT2D eigenvalue weighted by Crippen LogP contribution is -2.44. The Bertz CT molecular complexity index is 651. The summed E-state index contributed by atoms with van der Waals surface area (Å²) < 4.78 is 6.12. The summed E-state index contributed by atoms with van der Waals surface area (Å²) in [6.07, 6.45) is 5.57. The first-order valence-corrected chi connectivity index (χ1v) is 9.50. The maximum atomic E-state index is 12.8. The fourth-order valence-corrected chi connectivity index (χ4v) is 4.86. The molecule has 0 N–H and O–H groups in total. The fourth-order valence-electron chi connectivity index (χ4n) is 4.86. The smallest absolute Gasteiger partial charge is 0.251 e. The number of fused-ring (bicyclic) bond motifs is 2. The van der Waals surface area contributed by atoms with Gasteiger partial charge in [-0.1, -0.05) is 24.3 Å². The summed E-state index contributed by atoms with van der Waals surface area (Å²) in [4.78, 5) is 17.5. The number of ether oxygens (including phenoxy) is 1. The summed E-state index contributed by atoms with van der Waals surface area (Å²) in [6, 6.07) is 8.78. The molecule has 2 atom stereocenters. The molecular formula is C20H26N2O2. The van der Waals surface area contributed by atoms with Crippen LogP contribution in [0, 0.1) is 5.92 Å². The van der Waals surface area contributed by atoms with Gasteiger partial charge in [-0.25, -0.2) is 0 Å². The molecule has 1 spiro atoms. The third kappa shape index (κ3) is 2.31. The quantitative estimate of drug-likeness (QED) is 0.856. The number of carbonyl (C=O) groups is 1. The Hall–Kier alpha value is -1.39. The molecule has 4 heteroatoms. The average Bonchev–Trinajstić information content (AvgIpc) is 3.06. The molecule has 0 unspecified atom stereocenters. The number of benzene rings is 1. The number of hydrogen-bond acceptors (Lipinski definition) is 3. The zero-order valence-corrected chi connectivity index (χ0v) is 14.2. The molecule has 1 aliphatic carbocycles. The number of carbonyl (C=O) groups excluding carboxylic acids is 1. The Morgan fingerprint density at radius 1 is 1.21 bits per heavy atom. The largest absolute Gasteiger partial charge is 0.366 e. The van der Waals surface area contributed by atoms with Gasteiger partial charge in [0, 0.05) is 32.6 Å². The molecule has 0 bridgehead atoms. The van der Waals surface area contributed by atoms with Gasteiger partial charge >= 0.3 is 0 Å². The molecule has 0 aromatic heterocycles. The minimum Gasteiger partial charge on any atom is -0.366 e. The van der Waals surface area contributed by atoms with E-state index in [1.807, 2.05) is 4.90 Å². The van der Waals surface area contributed by atoms with Crippen molar-refractivity contribution in [2.75, 3.05) is 26.2 Å². The van der Waals surface area contributed by atoms with Crippen molar-refractivity contribution in [3.8, 4) is 0 Å². The van der Waals surface area contributed by atoms with E-state index in [1.165, 1.54) is 24.0 Å². The van der Waals surface area contributed by atoms with E-state index in [0.29, 0.717) is 6.61 Å². The lowest BCUT2D eigenvalue weighted by Gasteiger charge is -2.35. The van der Waals surface area contributed by atoms with E-state index in [-0.39, 0.29) is 17.6 Å². The Balaban J connectivity index is 1.42. The summed E-state index contributed by atoms with van der Waals surface area (Å²) in [5, 5.41) is 0. The Kier molecular flexibility index (Phi) is 3.46. The van der Waals surface area contributed by atoms with Crippen LogP contribution in [0.3, 0.4) is 0 Å². The predicted octanol–water partition coefficient (Wildman–Crippen LogP) is 2.52. The summed E-state index contributed by atoms with van der Waals surface area (Å²) in [6.45, 7) is 4.66. The van der Waals surface area contributed by atoms with E-state index in [0.717, 1.165) is 51.4 Å². The van der Waals surface area contributed by atoms with E-state index >= 15 is 0 Å². The maximum Gasteiger partial charge on any atom is 0.251 e. The van der Waals surface area contributed by atoms with E-state index in [2.05, 4.69) is 29.2 Å². The molecule has 1 amide bonds. The van der Waals surface area contributed by atoms with E-state index in [1.54, 1.807) is 0 Å². The van der Waals surface area contributed by atoms with E-state index in [4.69, 9.17) is 4.74 Å². The van der Waals surface area contributed by atoms with Crippen LogP contribution in [0.5, 0.6) is 0 Å². The number of amides is 1. The van der Waals surface area contributed by atoms with Crippen molar-refractivity contribution in [2.45, 2.75) is 50.3 Å². The Morgan fingerprint density at radius 2 is 2.00 bits per heavy atom. The molecule has 3 fully saturated rings. The van der Waals surface area contributed by atoms with Gasteiger partial charge in [0.1, 0.15) is 6.10 Å². The molecule has 0 radical (unpaired) electrons. The highest BCUT2D eigenvalue weighted by atomic mass is 16.5.